The van der Waals surface area contributed by atoms with E-state index in [1.807, 2.05) is 0 Å². The Balaban J connectivity index is 1.93. The molecule has 156 valence electrons. The van der Waals surface area contributed by atoms with E-state index in [1.165, 1.54) is 11.8 Å². The molecule has 1 aliphatic heterocycles. The molecule has 1 atom stereocenters. The Labute approximate surface area is 167 Å². The summed E-state index contributed by atoms with van der Waals surface area (Å²) in [7, 11) is -1.83. The van der Waals surface area contributed by atoms with Crippen LogP contribution in [0.15, 0.2) is 24.3 Å². The van der Waals surface area contributed by atoms with Crippen molar-refractivity contribution in [3.8, 4) is 11.4 Å². The van der Waals surface area contributed by atoms with Crippen molar-refractivity contribution in [1.82, 2.24) is 15.1 Å². The van der Waals surface area contributed by atoms with Gasteiger partial charge in [0.15, 0.2) is 9.84 Å². The van der Waals surface area contributed by atoms with E-state index in [-0.39, 0.29) is 23.9 Å². The van der Waals surface area contributed by atoms with Crippen LogP contribution in [0.2, 0.25) is 0 Å². The number of amides is 2. The second-order valence-electron chi connectivity index (χ2n) is 6.63. The fourth-order valence-corrected chi connectivity index (χ4v) is 4.47. The smallest absolute Gasteiger partial charge is 0.314 e. The lowest BCUT2D eigenvalue weighted by atomic mass is 10.2. The van der Waals surface area contributed by atoms with Gasteiger partial charge < -0.3 is 20.5 Å². The molecule has 1 aromatic heterocycles. The van der Waals surface area contributed by atoms with Crippen molar-refractivity contribution in [2.45, 2.75) is 30.9 Å². The first kappa shape index (κ1) is 20.8. The molecule has 0 radical (unpaired) electrons. The Bertz CT molecular complexity index is 1030. The molecule has 2 heterocycles. The van der Waals surface area contributed by atoms with Gasteiger partial charge in [-0.2, -0.15) is 5.10 Å². The highest BCUT2D eigenvalue weighted by Gasteiger charge is 2.34. The number of aliphatic hydroxyl groups is 1. The number of benzene rings is 1. The third kappa shape index (κ3) is 4.40. The maximum atomic E-state index is 12.4. The molecule has 11 heteroatoms. The number of aliphatic hydroxyl groups excluding tert-OH is 1. The lowest BCUT2D eigenvalue weighted by Gasteiger charge is -2.15. The summed E-state index contributed by atoms with van der Waals surface area (Å²) >= 11 is 0. The summed E-state index contributed by atoms with van der Waals surface area (Å²) in [6, 6.07) is 6.24. The molecule has 3 rings (SSSR count). The number of hydrogen-bond donors (Lipinski definition) is 3. The number of methoxy groups -OCH3 is 1. The van der Waals surface area contributed by atoms with Gasteiger partial charge in [-0.3, -0.25) is 9.59 Å². The van der Waals surface area contributed by atoms with Crippen molar-refractivity contribution in [3.63, 3.8) is 0 Å². The van der Waals surface area contributed by atoms with Crippen LogP contribution in [0, 0.1) is 0 Å². The van der Waals surface area contributed by atoms with Gasteiger partial charge in [0.05, 0.1) is 42.6 Å². The van der Waals surface area contributed by atoms with E-state index in [0.29, 0.717) is 29.1 Å². The molecule has 0 aliphatic carbocycles. The van der Waals surface area contributed by atoms with E-state index < -0.39 is 27.7 Å². The third-order valence-electron chi connectivity index (χ3n) is 4.59. The predicted molar refractivity (Wildman–Crippen MR) is 104 cm³/mol. The number of sulfone groups is 1. The summed E-state index contributed by atoms with van der Waals surface area (Å²) in [6.07, 6.45) is 0.451. The Morgan fingerprint density at radius 3 is 2.52 bits per heavy atom. The van der Waals surface area contributed by atoms with Crippen LogP contribution in [-0.2, 0) is 30.9 Å². The Kier molecular flexibility index (Phi) is 5.89. The number of nitrogens with one attached hydrogen (secondary N) is 2. The monoisotopic (exact) mass is 422 g/mol. The summed E-state index contributed by atoms with van der Waals surface area (Å²) in [5, 5.41) is 18.4. The summed E-state index contributed by atoms with van der Waals surface area (Å²) in [5.41, 5.74) is 1.25. The second kappa shape index (κ2) is 8.21. The molecule has 3 N–H and O–H groups in total. The molecule has 0 unspecified atom stereocenters. The van der Waals surface area contributed by atoms with Crippen molar-refractivity contribution < 1.29 is 27.9 Å². The zero-order valence-electron chi connectivity index (χ0n) is 16.0. The summed E-state index contributed by atoms with van der Waals surface area (Å²) < 4.78 is 30.5. The second-order valence-corrected chi connectivity index (χ2v) is 8.70. The fraction of sp³-hybridized carbons (Fsp3) is 0.389. The minimum Gasteiger partial charge on any atom is -0.497 e. The molecule has 0 saturated carbocycles. The maximum Gasteiger partial charge on any atom is 0.314 e. The number of carbonyl (C=O) groups is 2. The van der Waals surface area contributed by atoms with Gasteiger partial charge in [-0.25, -0.2) is 13.1 Å². The van der Waals surface area contributed by atoms with Gasteiger partial charge >= 0.3 is 11.8 Å². The zero-order chi connectivity index (χ0) is 21.2. The number of aromatic nitrogens is 2. The number of hydrogen-bond acceptors (Lipinski definition) is 7. The minimum atomic E-state index is -3.36. The molecular formula is C18H22N4O6S. The van der Waals surface area contributed by atoms with E-state index in [0.717, 1.165) is 0 Å². The molecule has 0 saturated heterocycles. The largest absolute Gasteiger partial charge is 0.497 e. The molecular weight excluding hydrogens is 400 g/mol. The standard InChI is InChI=1S/C18H22N4O6S/c1-3-11(8-23)19-17(24)18(25)20-16-14-9-29(26,27)10-15(14)21-22(16)12-4-6-13(28-2)7-5-12/h4-7,11,23H,3,8-10H2,1-2H3,(H,19,24)(H,20,25)/t11-/m0/s1. The molecule has 0 bridgehead atoms. The van der Waals surface area contributed by atoms with Gasteiger partial charge in [0.25, 0.3) is 0 Å². The Morgan fingerprint density at radius 2 is 1.93 bits per heavy atom. The number of fused-ring (bicyclic) bond motifs is 1. The number of rotatable bonds is 6. The van der Waals surface area contributed by atoms with E-state index in [9.17, 15) is 23.1 Å². The van der Waals surface area contributed by atoms with Crippen LogP contribution in [0.5, 0.6) is 5.75 Å². The Morgan fingerprint density at radius 1 is 1.24 bits per heavy atom. The topological polar surface area (TPSA) is 140 Å². The first-order valence-corrected chi connectivity index (χ1v) is 10.8. The lowest BCUT2D eigenvalue weighted by Crippen LogP contribution is -2.43. The van der Waals surface area contributed by atoms with Crippen LogP contribution in [-0.4, -0.2) is 54.9 Å². The summed E-state index contributed by atoms with van der Waals surface area (Å²) in [4.78, 5) is 24.6. The number of carbonyl (C=O) groups excluding carboxylic acids is 2. The normalized spacial score (nSPS) is 15.4. The molecule has 0 spiro atoms. The summed E-state index contributed by atoms with van der Waals surface area (Å²) in [6.45, 7) is 1.46. The molecule has 1 aromatic carbocycles. The van der Waals surface area contributed by atoms with Gasteiger partial charge in [-0.15, -0.1) is 0 Å². The fourth-order valence-electron chi connectivity index (χ4n) is 2.97. The van der Waals surface area contributed by atoms with Crippen LogP contribution < -0.4 is 15.4 Å². The van der Waals surface area contributed by atoms with Crippen molar-refractivity contribution in [2.75, 3.05) is 19.0 Å². The SMILES string of the molecule is CC[C@@H](CO)NC(=O)C(=O)Nc1c2c(nn1-c1ccc(OC)cc1)CS(=O)(=O)C2. The average molecular weight is 422 g/mol. The summed E-state index contributed by atoms with van der Waals surface area (Å²) in [5.74, 6) is -1.66. The van der Waals surface area contributed by atoms with Crippen molar-refractivity contribution >= 4 is 27.5 Å². The first-order valence-electron chi connectivity index (χ1n) is 8.96. The molecule has 0 fully saturated rings. The third-order valence-corrected chi connectivity index (χ3v) is 6.03. The minimum absolute atomic E-state index is 0.128. The van der Waals surface area contributed by atoms with Gasteiger partial charge in [-0.1, -0.05) is 6.92 Å². The van der Waals surface area contributed by atoms with Crippen molar-refractivity contribution in [1.29, 1.82) is 0 Å². The van der Waals surface area contributed by atoms with Gasteiger partial charge in [0, 0.05) is 5.56 Å². The molecule has 29 heavy (non-hydrogen) atoms. The number of anilines is 1. The van der Waals surface area contributed by atoms with Crippen molar-refractivity contribution in [3.05, 3.63) is 35.5 Å². The average Bonchev–Trinajstić information content (AvgIpc) is 3.18. The van der Waals surface area contributed by atoms with Crippen LogP contribution >= 0.6 is 0 Å². The predicted octanol–water partition coefficient (Wildman–Crippen LogP) is 0.135. The van der Waals surface area contributed by atoms with E-state index in [2.05, 4.69) is 15.7 Å². The highest BCUT2D eigenvalue weighted by molar-refractivity contribution is 7.90. The van der Waals surface area contributed by atoms with Gasteiger partial charge in [0.1, 0.15) is 11.6 Å². The molecule has 1 aliphatic rings. The number of nitrogens with zero attached hydrogens (tertiary/aromatic N) is 2. The quantitative estimate of drug-likeness (QED) is 0.562. The Hall–Kier alpha value is -2.92. The molecule has 10 nitrogen and oxygen atoms in total. The zero-order valence-corrected chi connectivity index (χ0v) is 16.8. The van der Waals surface area contributed by atoms with Crippen LogP contribution in [0.25, 0.3) is 5.69 Å². The lowest BCUT2D eigenvalue weighted by molar-refractivity contribution is -0.136. The first-order chi connectivity index (χ1) is 13.8. The molecule has 2 amide bonds. The highest BCUT2D eigenvalue weighted by Crippen LogP contribution is 2.33. The highest BCUT2D eigenvalue weighted by atomic mass is 32.2. The van der Waals surface area contributed by atoms with E-state index >= 15 is 0 Å². The van der Waals surface area contributed by atoms with Crippen LogP contribution in [0.4, 0.5) is 5.82 Å². The van der Waals surface area contributed by atoms with E-state index in [4.69, 9.17) is 4.74 Å². The van der Waals surface area contributed by atoms with Crippen LogP contribution in [0.1, 0.15) is 24.6 Å². The van der Waals surface area contributed by atoms with Crippen molar-refractivity contribution in [2.24, 2.45) is 0 Å². The van der Waals surface area contributed by atoms with Crippen LogP contribution in [0.3, 0.4) is 0 Å². The van der Waals surface area contributed by atoms with Gasteiger partial charge in [-0.05, 0) is 30.7 Å². The maximum absolute atomic E-state index is 12.4. The van der Waals surface area contributed by atoms with E-state index in [1.54, 1.807) is 31.2 Å². The molecule has 2 aromatic rings. The van der Waals surface area contributed by atoms with Gasteiger partial charge in [0.2, 0.25) is 0 Å². The number of ether oxygens (including phenoxy) is 1.